The van der Waals surface area contributed by atoms with E-state index in [1.807, 2.05) is 0 Å². The second kappa shape index (κ2) is 3.40. The molecular formula is C3H8ClNO. The molecule has 0 heterocycles. The first-order chi connectivity index (χ1) is 2.77. The van der Waals surface area contributed by atoms with Crippen LogP contribution in [0.5, 0.6) is 0 Å². The minimum absolute atomic E-state index is 0.303. The van der Waals surface area contributed by atoms with E-state index in [0.717, 1.165) is 0 Å². The fourth-order valence-electron chi connectivity index (χ4n) is 0.112. The van der Waals surface area contributed by atoms with Crippen molar-refractivity contribution >= 4 is 11.6 Å². The van der Waals surface area contributed by atoms with Gasteiger partial charge in [-0.05, 0) is 6.92 Å². The molecule has 0 fully saturated rings. The maximum absolute atomic E-state index is 8.36. The van der Waals surface area contributed by atoms with Gasteiger partial charge in [0.05, 0.1) is 6.00 Å². The standard InChI is InChI=1S/C3H8ClNO/c1-3(6)5-2-4/h3,5-6H,2H2,1H3. The Bertz CT molecular complexity index is 32.0. The maximum atomic E-state index is 8.36. The molecule has 0 aliphatic heterocycles. The molecule has 0 aliphatic rings. The first-order valence-corrected chi connectivity index (χ1v) is 2.28. The van der Waals surface area contributed by atoms with Gasteiger partial charge in [0.25, 0.3) is 0 Å². The Hall–Kier alpha value is 0.210. The Morgan fingerprint density at radius 3 is 2.50 bits per heavy atom. The van der Waals surface area contributed by atoms with Gasteiger partial charge in [0.2, 0.25) is 0 Å². The van der Waals surface area contributed by atoms with Crippen LogP contribution in [-0.4, -0.2) is 17.3 Å². The molecule has 0 rings (SSSR count). The Morgan fingerprint density at radius 2 is 2.50 bits per heavy atom. The van der Waals surface area contributed by atoms with Crippen molar-refractivity contribution in [2.45, 2.75) is 13.2 Å². The number of rotatable bonds is 2. The van der Waals surface area contributed by atoms with E-state index in [-0.39, 0.29) is 0 Å². The molecule has 0 spiro atoms. The van der Waals surface area contributed by atoms with E-state index in [2.05, 4.69) is 5.32 Å². The molecule has 0 saturated carbocycles. The lowest BCUT2D eigenvalue weighted by Crippen LogP contribution is -2.23. The van der Waals surface area contributed by atoms with E-state index in [1.54, 1.807) is 6.92 Å². The average Bonchev–Trinajstić information content (AvgIpc) is 1.35. The predicted molar refractivity (Wildman–Crippen MR) is 25.5 cm³/mol. The minimum Gasteiger partial charge on any atom is -0.379 e. The van der Waals surface area contributed by atoms with Crippen molar-refractivity contribution in [3.8, 4) is 0 Å². The largest absolute Gasteiger partial charge is 0.379 e. The summed E-state index contributed by atoms with van der Waals surface area (Å²) in [5, 5.41) is 10.9. The van der Waals surface area contributed by atoms with Gasteiger partial charge in [0, 0.05) is 0 Å². The van der Waals surface area contributed by atoms with Crippen LogP contribution < -0.4 is 5.32 Å². The Labute approximate surface area is 42.1 Å². The molecule has 0 bridgehead atoms. The quantitative estimate of drug-likeness (QED) is 0.300. The first-order valence-electron chi connectivity index (χ1n) is 1.75. The van der Waals surface area contributed by atoms with Gasteiger partial charge in [-0.15, -0.1) is 11.6 Å². The summed E-state index contributed by atoms with van der Waals surface area (Å²) in [6.07, 6.45) is -0.484. The van der Waals surface area contributed by atoms with Crippen LogP contribution in [0.2, 0.25) is 0 Å². The smallest absolute Gasteiger partial charge is 0.102 e. The van der Waals surface area contributed by atoms with Crippen molar-refractivity contribution in [3.63, 3.8) is 0 Å². The summed E-state index contributed by atoms with van der Waals surface area (Å²) >= 11 is 5.13. The molecule has 0 amide bonds. The fourth-order valence-corrected chi connectivity index (χ4v) is 0.335. The van der Waals surface area contributed by atoms with Crippen LogP contribution in [0, 0.1) is 0 Å². The molecule has 0 aromatic rings. The Balaban J connectivity index is 2.63. The number of alkyl halides is 1. The Kier molecular flexibility index (Phi) is 3.52. The van der Waals surface area contributed by atoms with E-state index in [9.17, 15) is 0 Å². The van der Waals surface area contributed by atoms with Crippen LogP contribution in [0.15, 0.2) is 0 Å². The van der Waals surface area contributed by atoms with E-state index in [0.29, 0.717) is 6.00 Å². The number of nitrogens with one attached hydrogen (secondary N) is 1. The molecule has 2 nitrogen and oxygen atoms in total. The molecule has 0 aliphatic carbocycles. The average molecular weight is 110 g/mol. The maximum Gasteiger partial charge on any atom is 0.102 e. The van der Waals surface area contributed by atoms with E-state index >= 15 is 0 Å². The van der Waals surface area contributed by atoms with Crippen LogP contribution in [0.3, 0.4) is 0 Å². The van der Waals surface area contributed by atoms with Crippen molar-refractivity contribution in [1.29, 1.82) is 0 Å². The van der Waals surface area contributed by atoms with Gasteiger partial charge < -0.3 is 5.11 Å². The number of aliphatic hydroxyl groups is 1. The number of aliphatic hydroxyl groups excluding tert-OH is 1. The number of halogens is 1. The lowest BCUT2D eigenvalue weighted by atomic mass is 10.7. The van der Waals surface area contributed by atoms with E-state index < -0.39 is 6.23 Å². The zero-order chi connectivity index (χ0) is 4.99. The lowest BCUT2D eigenvalue weighted by Gasteiger charge is -1.98. The van der Waals surface area contributed by atoms with Crippen molar-refractivity contribution in [2.75, 3.05) is 6.00 Å². The molecule has 2 N–H and O–H groups in total. The van der Waals surface area contributed by atoms with Gasteiger partial charge in [-0.2, -0.15) is 0 Å². The SMILES string of the molecule is CC(O)NCCl. The van der Waals surface area contributed by atoms with Crippen LogP contribution in [0.1, 0.15) is 6.92 Å². The highest BCUT2D eigenvalue weighted by molar-refractivity contribution is 6.17. The molecule has 0 saturated heterocycles. The monoisotopic (exact) mass is 109 g/mol. The van der Waals surface area contributed by atoms with Crippen molar-refractivity contribution in [2.24, 2.45) is 0 Å². The van der Waals surface area contributed by atoms with Gasteiger partial charge in [-0.3, -0.25) is 5.32 Å². The van der Waals surface area contributed by atoms with E-state index in [1.165, 1.54) is 0 Å². The minimum atomic E-state index is -0.484. The molecule has 0 aromatic carbocycles. The van der Waals surface area contributed by atoms with E-state index in [4.69, 9.17) is 16.7 Å². The lowest BCUT2D eigenvalue weighted by molar-refractivity contribution is 0.164. The van der Waals surface area contributed by atoms with Crippen molar-refractivity contribution < 1.29 is 5.11 Å². The first kappa shape index (κ1) is 6.21. The Morgan fingerprint density at radius 1 is 2.00 bits per heavy atom. The molecule has 3 heteroatoms. The van der Waals surface area contributed by atoms with Gasteiger partial charge in [0.15, 0.2) is 0 Å². The van der Waals surface area contributed by atoms with Gasteiger partial charge >= 0.3 is 0 Å². The third kappa shape index (κ3) is 4.21. The zero-order valence-electron chi connectivity index (χ0n) is 3.61. The topological polar surface area (TPSA) is 32.3 Å². The predicted octanol–water partition coefficient (Wildman–Crippen LogP) is 0.111. The summed E-state index contributed by atoms with van der Waals surface area (Å²) < 4.78 is 0. The summed E-state index contributed by atoms with van der Waals surface area (Å²) in [6, 6.07) is 0.303. The molecule has 0 radical (unpaired) electrons. The van der Waals surface area contributed by atoms with Crippen LogP contribution >= 0.6 is 11.6 Å². The highest BCUT2D eigenvalue weighted by atomic mass is 35.5. The molecule has 1 atom stereocenters. The summed E-state index contributed by atoms with van der Waals surface area (Å²) in [4.78, 5) is 0. The second-order valence-corrected chi connectivity index (χ2v) is 1.28. The summed E-state index contributed by atoms with van der Waals surface area (Å²) in [7, 11) is 0. The second-order valence-electron chi connectivity index (χ2n) is 1.01. The summed E-state index contributed by atoms with van der Waals surface area (Å²) in [5.74, 6) is 0. The fraction of sp³-hybridized carbons (Fsp3) is 1.00. The third-order valence-electron chi connectivity index (χ3n) is 0.373. The summed E-state index contributed by atoms with van der Waals surface area (Å²) in [5.41, 5.74) is 0. The van der Waals surface area contributed by atoms with Crippen molar-refractivity contribution in [3.05, 3.63) is 0 Å². The highest BCUT2D eigenvalue weighted by Crippen LogP contribution is 1.70. The number of hydrogen-bond donors (Lipinski definition) is 2. The van der Waals surface area contributed by atoms with Crippen LogP contribution in [-0.2, 0) is 0 Å². The van der Waals surface area contributed by atoms with Crippen LogP contribution in [0.25, 0.3) is 0 Å². The third-order valence-corrected chi connectivity index (χ3v) is 0.527. The molecule has 6 heavy (non-hydrogen) atoms. The highest BCUT2D eigenvalue weighted by Gasteiger charge is 1.84. The molecule has 0 aromatic heterocycles. The van der Waals surface area contributed by atoms with Gasteiger partial charge in [-0.25, -0.2) is 0 Å². The molecule has 38 valence electrons. The van der Waals surface area contributed by atoms with Crippen molar-refractivity contribution in [1.82, 2.24) is 5.32 Å². The molecule has 1 unspecified atom stereocenters. The number of hydrogen-bond acceptors (Lipinski definition) is 2. The van der Waals surface area contributed by atoms with Crippen LogP contribution in [0.4, 0.5) is 0 Å². The molecular weight excluding hydrogens is 101 g/mol. The van der Waals surface area contributed by atoms with Gasteiger partial charge in [0.1, 0.15) is 6.23 Å². The summed E-state index contributed by atoms with van der Waals surface area (Å²) in [6.45, 7) is 1.61. The van der Waals surface area contributed by atoms with Gasteiger partial charge in [-0.1, -0.05) is 0 Å². The normalized spacial score (nSPS) is 14.5. The zero-order valence-corrected chi connectivity index (χ0v) is 4.37.